The normalized spacial score (nSPS) is 19.8. The molecule has 0 radical (unpaired) electrons. The predicted octanol–water partition coefficient (Wildman–Crippen LogP) is 2.98. The Kier molecular flexibility index (Phi) is 4.93. The van der Waals surface area contributed by atoms with Gasteiger partial charge in [0.2, 0.25) is 5.91 Å². The summed E-state index contributed by atoms with van der Waals surface area (Å²) in [4.78, 5) is 25.4. The van der Waals surface area contributed by atoms with Crippen molar-refractivity contribution in [2.45, 2.75) is 44.9 Å². The Balaban J connectivity index is 1.70. The zero-order valence-electron chi connectivity index (χ0n) is 14.4. The first-order chi connectivity index (χ1) is 11.8. The van der Waals surface area contributed by atoms with Gasteiger partial charge in [0.15, 0.2) is 0 Å². The Morgan fingerprint density at radius 2 is 2.00 bits per heavy atom. The summed E-state index contributed by atoms with van der Waals surface area (Å²) in [5.41, 5.74) is 1.91. The van der Waals surface area contributed by atoms with E-state index in [9.17, 15) is 9.59 Å². The van der Waals surface area contributed by atoms with Crippen LogP contribution in [0.1, 0.15) is 37.8 Å². The molecule has 0 aromatic heterocycles. The smallest absolute Gasteiger partial charge is 0.405 e. The minimum atomic E-state index is -1.18. The number of ether oxygens (including phenoxy) is 1. The molecule has 1 aromatic carbocycles. The zero-order chi connectivity index (χ0) is 18.2. The van der Waals surface area contributed by atoms with Gasteiger partial charge < -0.3 is 20.1 Å². The van der Waals surface area contributed by atoms with E-state index in [2.05, 4.69) is 5.32 Å². The van der Waals surface area contributed by atoms with Gasteiger partial charge in [0.1, 0.15) is 6.04 Å². The number of nitrogens with one attached hydrogen (secondary N) is 1. The molecular formula is C18H23ClN2O4. The molecule has 1 atom stereocenters. The van der Waals surface area contributed by atoms with Gasteiger partial charge in [-0.3, -0.25) is 4.79 Å². The van der Waals surface area contributed by atoms with Gasteiger partial charge in [-0.05, 0) is 42.0 Å². The number of halogens is 1. The molecule has 7 heteroatoms. The number of hydrogen-bond donors (Lipinski definition) is 2. The minimum absolute atomic E-state index is 0.106. The summed E-state index contributed by atoms with van der Waals surface area (Å²) in [6.07, 6.45) is 0.224. The Morgan fingerprint density at radius 3 is 2.60 bits per heavy atom. The third-order valence-corrected chi connectivity index (χ3v) is 5.39. The standard InChI is InChI=1S/C18H23ClN2O4/c1-11(2)15(20-17(23)24)16(22)21-7-5-18(6-8-21)14-4-3-13(19)9-12(14)10-25-18/h3-4,9,11,15,20H,5-8,10H2,1-2H3,(H,23,24). The van der Waals surface area contributed by atoms with E-state index < -0.39 is 12.1 Å². The maximum atomic E-state index is 12.7. The second-order valence-corrected chi connectivity index (χ2v) is 7.52. The van der Waals surface area contributed by atoms with Crippen molar-refractivity contribution >= 4 is 23.6 Å². The summed E-state index contributed by atoms with van der Waals surface area (Å²) >= 11 is 6.06. The van der Waals surface area contributed by atoms with Crippen LogP contribution in [0.3, 0.4) is 0 Å². The lowest BCUT2D eigenvalue weighted by Crippen LogP contribution is -2.54. The van der Waals surface area contributed by atoms with Crippen molar-refractivity contribution in [3.8, 4) is 0 Å². The number of carboxylic acid groups (broad SMARTS) is 1. The first-order valence-electron chi connectivity index (χ1n) is 8.53. The molecule has 136 valence electrons. The van der Waals surface area contributed by atoms with Gasteiger partial charge in [-0.15, -0.1) is 0 Å². The van der Waals surface area contributed by atoms with E-state index in [-0.39, 0.29) is 17.4 Å². The number of carbonyl (C=O) groups excluding carboxylic acids is 1. The highest BCUT2D eigenvalue weighted by Gasteiger charge is 2.44. The second kappa shape index (κ2) is 6.84. The Hall–Kier alpha value is -1.79. The zero-order valence-corrected chi connectivity index (χ0v) is 15.2. The lowest BCUT2D eigenvalue weighted by Gasteiger charge is -2.40. The molecule has 2 N–H and O–H groups in total. The van der Waals surface area contributed by atoms with E-state index in [1.165, 1.54) is 0 Å². The van der Waals surface area contributed by atoms with Gasteiger partial charge in [-0.25, -0.2) is 4.79 Å². The molecule has 1 aromatic rings. The second-order valence-electron chi connectivity index (χ2n) is 7.08. The number of benzene rings is 1. The van der Waals surface area contributed by atoms with Crippen molar-refractivity contribution in [2.24, 2.45) is 5.92 Å². The van der Waals surface area contributed by atoms with Gasteiger partial charge in [0, 0.05) is 18.1 Å². The number of nitrogens with zero attached hydrogens (tertiary/aromatic N) is 1. The molecular weight excluding hydrogens is 344 g/mol. The largest absolute Gasteiger partial charge is 0.465 e. The van der Waals surface area contributed by atoms with Crippen molar-refractivity contribution in [1.29, 1.82) is 0 Å². The third-order valence-electron chi connectivity index (χ3n) is 5.16. The van der Waals surface area contributed by atoms with E-state index in [1.807, 2.05) is 32.0 Å². The number of likely N-dealkylation sites (tertiary alicyclic amines) is 1. The van der Waals surface area contributed by atoms with Gasteiger partial charge in [0.25, 0.3) is 0 Å². The molecule has 0 bridgehead atoms. The molecule has 25 heavy (non-hydrogen) atoms. The van der Waals surface area contributed by atoms with E-state index >= 15 is 0 Å². The molecule has 2 aliphatic rings. The van der Waals surface area contributed by atoms with Crippen molar-refractivity contribution in [3.63, 3.8) is 0 Å². The van der Waals surface area contributed by atoms with Gasteiger partial charge >= 0.3 is 6.09 Å². The highest BCUT2D eigenvalue weighted by atomic mass is 35.5. The van der Waals surface area contributed by atoms with Crippen molar-refractivity contribution in [1.82, 2.24) is 10.2 Å². The summed E-state index contributed by atoms with van der Waals surface area (Å²) < 4.78 is 6.10. The number of hydrogen-bond acceptors (Lipinski definition) is 3. The van der Waals surface area contributed by atoms with Crippen LogP contribution in [-0.4, -0.2) is 41.1 Å². The maximum Gasteiger partial charge on any atom is 0.405 e. The van der Waals surface area contributed by atoms with Crippen LogP contribution in [0.5, 0.6) is 0 Å². The van der Waals surface area contributed by atoms with Gasteiger partial charge in [-0.1, -0.05) is 31.5 Å². The lowest BCUT2D eigenvalue weighted by atomic mass is 9.83. The van der Waals surface area contributed by atoms with Gasteiger partial charge in [0.05, 0.1) is 12.2 Å². The van der Waals surface area contributed by atoms with E-state index in [0.29, 0.717) is 37.6 Å². The fraction of sp³-hybridized carbons (Fsp3) is 0.556. The molecule has 1 fully saturated rings. The highest BCUT2D eigenvalue weighted by molar-refractivity contribution is 6.30. The summed E-state index contributed by atoms with van der Waals surface area (Å²) in [6, 6.07) is 5.11. The minimum Gasteiger partial charge on any atom is -0.465 e. The average molecular weight is 367 g/mol. The van der Waals surface area contributed by atoms with E-state index in [0.717, 1.165) is 11.1 Å². The highest BCUT2D eigenvalue weighted by Crippen LogP contribution is 2.44. The van der Waals surface area contributed by atoms with Crippen LogP contribution >= 0.6 is 11.6 Å². The molecule has 0 saturated carbocycles. The van der Waals surface area contributed by atoms with Crippen molar-refractivity contribution < 1.29 is 19.4 Å². The SMILES string of the molecule is CC(C)C(NC(=O)O)C(=O)N1CCC2(CC1)OCc1cc(Cl)ccc12. The number of carbonyl (C=O) groups is 2. The molecule has 2 aliphatic heterocycles. The number of piperidine rings is 1. The first kappa shape index (κ1) is 18.0. The van der Waals surface area contributed by atoms with E-state index in [1.54, 1.807) is 4.90 Å². The lowest BCUT2D eigenvalue weighted by molar-refractivity contribution is -0.141. The fourth-order valence-electron chi connectivity index (χ4n) is 3.77. The monoisotopic (exact) mass is 366 g/mol. The van der Waals surface area contributed by atoms with Crippen LogP contribution in [0.15, 0.2) is 18.2 Å². The Morgan fingerprint density at radius 1 is 1.32 bits per heavy atom. The first-order valence-corrected chi connectivity index (χ1v) is 8.91. The Bertz CT molecular complexity index is 684. The molecule has 3 rings (SSSR count). The molecule has 2 amide bonds. The van der Waals surface area contributed by atoms with Crippen molar-refractivity contribution in [2.75, 3.05) is 13.1 Å². The van der Waals surface area contributed by atoms with Crippen LogP contribution < -0.4 is 5.32 Å². The van der Waals surface area contributed by atoms with E-state index in [4.69, 9.17) is 21.4 Å². The fourth-order valence-corrected chi connectivity index (χ4v) is 3.96. The average Bonchev–Trinajstić information content (AvgIpc) is 2.90. The summed E-state index contributed by atoms with van der Waals surface area (Å²) in [7, 11) is 0. The number of fused-ring (bicyclic) bond motifs is 2. The molecule has 0 aliphatic carbocycles. The molecule has 1 spiro atoms. The summed E-state index contributed by atoms with van der Waals surface area (Å²) in [5, 5.41) is 12.0. The van der Waals surface area contributed by atoms with Crippen LogP contribution in [0.2, 0.25) is 5.02 Å². The quantitative estimate of drug-likeness (QED) is 0.862. The number of rotatable bonds is 3. The molecule has 6 nitrogen and oxygen atoms in total. The van der Waals surface area contributed by atoms with Crippen LogP contribution in [0.25, 0.3) is 0 Å². The van der Waals surface area contributed by atoms with Crippen LogP contribution in [0.4, 0.5) is 4.79 Å². The third kappa shape index (κ3) is 3.46. The molecule has 1 unspecified atom stereocenters. The maximum absolute atomic E-state index is 12.7. The van der Waals surface area contributed by atoms with Crippen molar-refractivity contribution in [3.05, 3.63) is 34.3 Å². The topological polar surface area (TPSA) is 78.9 Å². The number of amides is 2. The van der Waals surface area contributed by atoms with Crippen LogP contribution in [0, 0.1) is 5.92 Å². The molecule has 2 heterocycles. The van der Waals surface area contributed by atoms with Crippen LogP contribution in [-0.2, 0) is 21.7 Å². The Labute approximate surface area is 152 Å². The van der Waals surface area contributed by atoms with Gasteiger partial charge in [-0.2, -0.15) is 0 Å². The molecule has 1 saturated heterocycles. The summed E-state index contributed by atoms with van der Waals surface area (Å²) in [6.45, 7) is 5.31. The predicted molar refractivity (Wildman–Crippen MR) is 93.5 cm³/mol. The summed E-state index contributed by atoms with van der Waals surface area (Å²) in [5.74, 6) is -0.272.